The molecular weight excluding hydrogens is 330 g/mol. The molecule has 0 saturated carbocycles. The molecule has 7 heteroatoms. The number of nitro benzene ring substituents is 1. The standard InChI is InChI=1S/C19H15N5O2/c25-24(26)18-14-8-7-13-17(18)23-21-19(15-9-3-1-4-10-15)20-22(23)16-11-5-2-6-12-16/h1-14H,(H,20,21). The molecule has 0 amide bonds. The van der Waals surface area contributed by atoms with Crippen LogP contribution in [0.3, 0.4) is 0 Å². The highest BCUT2D eigenvalue weighted by Gasteiger charge is 2.30. The number of hydrogen-bond donors (Lipinski definition) is 1. The summed E-state index contributed by atoms with van der Waals surface area (Å²) in [5, 5.41) is 19.3. The van der Waals surface area contributed by atoms with Crippen LogP contribution in [0.5, 0.6) is 0 Å². The van der Waals surface area contributed by atoms with Gasteiger partial charge in [0.2, 0.25) is 0 Å². The van der Waals surface area contributed by atoms with E-state index in [4.69, 9.17) is 0 Å². The molecule has 0 atom stereocenters. The molecule has 0 unspecified atom stereocenters. The smallest absolute Gasteiger partial charge is 0.258 e. The third-order valence-corrected chi connectivity index (χ3v) is 3.94. The quantitative estimate of drug-likeness (QED) is 0.576. The van der Waals surface area contributed by atoms with Gasteiger partial charge in [-0.15, -0.1) is 5.10 Å². The lowest BCUT2D eigenvalue weighted by atomic mass is 10.2. The Labute approximate surface area is 149 Å². The fourth-order valence-electron chi connectivity index (χ4n) is 2.72. The first-order valence-corrected chi connectivity index (χ1v) is 8.03. The summed E-state index contributed by atoms with van der Waals surface area (Å²) in [6, 6.07) is 25.6. The van der Waals surface area contributed by atoms with Crippen molar-refractivity contribution in [2.75, 3.05) is 10.2 Å². The Morgan fingerprint density at radius 3 is 2.15 bits per heavy atom. The van der Waals surface area contributed by atoms with Crippen LogP contribution in [0.25, 0.3) is 0 Å². The average molecular weight is 345 g/mol. The van der Waals surface area contributed by atoms with Crippen LogP contribution < -0.4 is 15.7 Å². The van der Waals surface area contributed by atoms with Crippen molar-refractivity contribution in [3.63, 3.8) is 0 Å². The van der Waals surface area contributed by atoms with E-state index in [2.05, 4.69) is 10.5 Å². The molecule has 1 N–H and O–H groups in total. The van der Waals surface area contributed by atoms with Crippen molar-refractivity contribution in [3.8, 4) is 0 Å². The number of nitrogens with zero attached hydrogens (tertiary/aromatic N) is 4. The second-order valence-corrected chi connectivity index (χ2v) is 5.61. The maximum Gasteiger partial charge on any atom is 0.296 e. The monoisotopic (exact) mass is 345 g/mol. The van der Waals surface area contributed by atoms with Crippen LogP contribution >= 0.6 is 0 Å². The minimum absolute atomic E-state index is 0.00885. The highest BCUT2D eigenvalue weighted by Crippen LogP contribution is 2.32. The summed E-state index contributed by atoms with van der Waals surface area (Å²) in [4.78, 5) is 11.1. The predicted octanol–water partition coefficient (Wildman–Crippen LogP) is 3.70. The van der Waals surface area contributed by atoms with Crippen molar-refractivity contribution in [2.45, 2.75) is 0 Å². The van der Waals surface area contributed by atoms with Gasteiger partial charge in [-0.1, -0.05) is 60.7 Å². The summed E-state index contributed by atoms with van der Waals surface area (Å²) < 4.78 is 0. The molecule has 3 aromatic rings. The maximum absolute atomic E-state index is 11.5. The minimum atomic E-state index is -0.402. The number of para-hydroxylation sites is 3. The SMILES string of the molecule is O=[N+]([O-])c1ccccc1N1NC(c2ccccc2)=NN1c1ccccc1. The van der Waals surface area contributed by atoms with E-state index < -0.39 is 4.92 Å². The van der Waals surface area contributed by atoms with E-state index in [0.717, 1.165) is 11.3 Å². The molecule has 128 valence electrons. The first-order valence-electron chi connectivity index (χ1n) is 8.03. The second-order valence-electron chi connectivity index (χ2n) is 5.61. The van der Waals surface area contributed by atoms with Gasteiger partial charge in [0.15, 0.2) is 11.5 Å². The number of hydrazine groups is 2. The molecule has 3 aromatic carbocycles. The summed E-state index contributed by atoms with van der Waals surface area (Å²) in [6.45, 7) is 0. The van der Waals surface area contributed by atoms with Gasteiger partial charge in [-0.3, -0.25) is 15.5 Å². The van der Waals surface area contributed by atoms with Gasteiger partial charge in [0.25, 0.3) is 5.69 Å². The Bertz CT molecular complexity index is 960. The zero-order valence-corrected chi connectivity index (χ0v) is 13.7. The first-order chi connectivity index (χ1) is 12.7. The maximum atomic E-state index is 11.5. The van der Waals surface area contributed by atoms with Crippen LogP contribution in [-0.2, 0) is 0 Å². The summed E-state index contributed by atoms with van der Waals surface area (Å²) >= 11 is 0. The summed E-state index contributed by atoms with van der Waals surface area (Å²) in [5.74, 6) is 0.604. The summed E-state index contributed by atoms with van der Waals surface area (Å²) in [6.07, 6.45) is 0. The van der Waals surface area contributed by atoms with E-state index in [9.17, 15) is 10.1 Å². The van der Waals surface area contributed by atoms with Gasteiger partial charge in [-0.2, -0.15) is 10.2 Å². The molecule has 0 saturated heterocycles. The molecule has 0 aromatic heterocycles. The van der Waals surface area contributed by atoms with Crippen LogP contribution in [0, 0.1) is 10.1 Å². The topological polar surface area (TPSA) is 74.0 Å². The van der Waals surface area contributed by atoms with Crippen molar-refractivity contribution in [3.05, 3.63) is 101 Å². The highest BCUT2D eigenvalue weighted by atomic mass is 16.6. The Hall–Kier alpha value is -3.87. The van der Waals surface area contributed by atoms with Crippen LogP contribution in [0.2, 0.25) is 0 Å². The van der Waals surface area contributed by atoms with Gasteiger partial charge >= 0.3 is 0 Å². The van der Waals surface area contributed by atoms with Crippen molar-refractivity contribution in [1.82, 2.24) is 5.43 Å². The van der Waals surface area contributed by atoms with Gasteiger partial charge in [-0.25, -0.2) is 0 Å². The Balaban J connectivity index is 1.80. The number of anilines is 2. The lowest BCUT2D eigenvalue weighted by Gasteiger charge is -2.27. The second kappa shape index (κ2) is 6.56. The van der Waals surface area contributed by atoms with Crippen LogP contribution in [0.15, 0.2) is 90.0 Å². The third kappa shape index (κ3) is 2.82. The Morgan fingerprint density at radius 2 is 1.46 bits per heavy atom. The van der Waals surface area contributed by atoms with Gasteiger partial charge < -0.3 is 0 Å². The summed E-state index contributed by atoms with van der Waals surface area (Å²) in [5.41, 5.74) is 5.23. The number of rotatable bonds is 4. The third-order valence-electron chi connectivity index (χ3n) is 3.94. The molecule has 0 radical (unpaired) electrons. The number of nitro groups is 1. The van der Waals surface area contributed by atoms with Crippen LogP contribution in [0.1, 0.15) is 5.56 Å². The predicted molar refractivity (Wildman–Crippen MR) is 101 cm³/mol. The van der Waals surface area contributed by atoms with Gasteiger partial charge in [-0.05, 0) is 18.2 Å². The number of amidine groups is 1. The average Bonchev–Trinajstić information content (AvgIpc) is 3.14. The molecule has 1 aliphatic heterocycles. The Morgan fingerprint density at radius 1 is 0.846 bits per heavy atom. The fourth-order valence-corrected chi connectivity index (χ4v) is 2.72. The van der Waals surface area contributed by atoms with E-state index in [1.54, 1.807) is 28.4 Å². The lowest BCUT2D eigenvalue weighted by molar-refractivity contribution is -0.384. The molecule has 0 aliphatic carbocycles. The normalized spacial score (nSPS) is 13.3. The molecular formula is C19H15N5O2. The molecule has 1 heterocycles. The van der Waals surface area contributed by atoms with Crippen LogP contribution in [0.4, 0.5) is 17.1 Å². The largest absolute Gasteiger partial charge is 0.296 e. The molecule has 0 bridgehead atoms. The zero-order chi connectivity index (χ0) is 17.9. The van der Waals surface area contributed by atoms with E-state index in [0.29, 0.717) is 11.5 Å². The zero-order valence-electron chi connectivity index (χ0n) is 13.7. The fraction of sp³-hybridized carbons (Fsp3) is 0. The molecule has 1 aliphatic rings. The first kappa shape index (κ1) is 15.6. The van der Waals surface area contributed by atoms with Crippen molar-refractivity contribution in [2.24, 2.45) is 5.10 Å². The molecule has 0 spiro atoms. The van der Waals surface area contributed by atoms with Crippen molar-refractivity contribution < 1.29 is 4.92 Å². The molecule has 26 heavy (non-hydrogen) atoms. The van der Waals surface area contributed by atoms with Gasteiger partial charge in [0.05, 0.1) is 10.6 Å². The van der Waals surface area contributed by atoms with E-state index in [-0.39, 0.29) is 5.69 Å². The molecule has 0 fully saturated rings. The number of benzene rings is 3. The van der Waals surface area contributed by atoms with Crippen molar-refractivity contribution >= 4 is 22.9 Å². The number of nitrogens with one attached hydrogen (secondary N) is 1. The number of hydrogen-bond acceptors (Lipinski definition) is 6. The van der Waals surface area contributed by atoms with Crippen LogP contribution in [-0.4, -0.2) is 10.8 Å². The highest BCUT2D eigenvalue weighted by molar-refractivity contribution is 6.02. The van der Waals surface area contributed by atoms with E-state index in [1.807, 2.05) is 60.7 Å². The lowest BCUT2D eigenvalue weighted by Crippen LogP contribution is -2.45. The number of hydrazone groups is 1. The van der Waals surface area contributed by atoms with Gasteiger partial charge in [0.1, 0.15) is 0 Å². The van der Waals surface area contributed by atoms with E-state index in [1.165, 1.54) is 6.07 Å². The Kier molecular flexibility index (Phi) is 3.95. The molecule has 4 rings (SSSR count). The minimum Gasteiger partial charge on any atom is -0.258 e. The molecule has 7 nitrogen and oxygen atoms in total. The summed E-state index contributed by atoms with van der Waals surface area (Å²) in [7, 11) is 0. The van der Waals surface area contributed by atoms with E-state index >= 15 is 0 Å². The van der Waals surface area contributed by atoms with Crippen molar-refractivity contribution in [1.29, 1.82) is 0 Å². The van der Waals surface area contributed by atoms with Gasteiger partial charge in [0, 0.05) is 11.6 Å².